The fourth-order valence-electron chi connectivity index (χ4n) is 2.53. The lowest BCUT2D eigenvalue weighted by atomic mass is 10.1. The third kappa shape index (κ3) is 4.00. The van der Waals surface area contributed by atoms with Crippen molar-refractivity contribution in [3.63, 3.8) is 0 Å². The van der Waals surface area contributed by atoms with Gasteiger partial charge < -0.3 is 10.4 Å². The quantitative estimate of drug-likeness (QED) is 0.834. The lowest BCUT2D eigenvalue weighted by Crippen LogP contribution is -2.28. The van der Waals surface area contributed by atoms with Crippen molar-refractivity contribution in [1.82, 2.24) is 15.3 Å². The molecule has 5 nitrogen and oxygen atoms in total. The van der Waals surface area contributed by atoms with Crippen LogP contribution in [-0.2, 0) is 0 Å². The van der Waals surface area contributed by atoms with E-state index in [0.717, 1.165) is 18.7 Å². The Balaban J connectivity index is 1.90. The maximum absolute atomic E-state index is 12.0. The second kappa shape index (κ2) is 7.33. The minimum absolute atomic E-state index is 0.185. The Labute approximate surface area is 119 Å². The number of aliphatic hydroxyl groups is 1. The Kier molecular flexibility index (Phi) is 5.47. The number of rotatable bonds is 6. The topological polar surface area (TPSA) is 75.1 Å². The van der Waals surface area contributed by atoms with E-state index in [4.69, 9.17) is 0 Å². The van der Waals surface area contributed by atoms with Crippen LogP contribution in [0, 0.1) is 0 Å². The van der Waals surface area contributed by atoms with Gasteiger partial charge in [0.1, 0.15) is 11.5 Å². The zero-order valence-corrected chi connectivity index (χ0v) is 12.0. The first kappa shape index (κ1) is 14.9. The molecule has 0 spiro atoms. The Hall–Kier alpha value is -1.49. The van der Waals surface area contributed by atoms with Crippen molar-refractivity contribution in [2.24, 2.45) is 0 Å². The van der Waals surface area contributed by atoms with Gasteiger partial charge in [0, 0.05) is 18.7 Å². The fraction of sp³-hybridized carbons (Fsp3) is 0.667. The number of nitrogens with one attached hydrogen (secondary N) is 1. The lowest BCUT2D eigenvalue weighted by molar-refractivity contribution is 0.0936. The zero-order valence-electron chi connectivity index (χ0n) is 12.0. The van der Waals surface area contributed by atoms with Crippen molar-refractivity contribution in [2.75, 3.05) is 6.54 Å². The third-order valence-electron chi connectivity index (χ3n) is 3.86. The summed E-state index contributed by atoms with van der Waals surface area (Å²) in [6.45, 7) is 2.39. The maximum Gasteiger partial charge on any atom is 0.270 e. The van der Waals surface area contributed by atoms with Crippen LogP contribution in [-0.4, -0.2) is 33.6 Å². The molecule has 0 saturated heterocycles. The van der Waals surface area contributed by atoms with Crippen molar-refractivity contribution in [1.29, 1.82) is 0 Å². The minimum atomic E-state index is -0.352. The predicted molar refractivity (Wildman–Crippen MR) is 76.5 cm³/mol. The van der Waals surface area contributed by atoms with E-state index in [9.17, 15) is 9.90 Å². The van der Waals surface area contributed by atoms with Gasteiger partial charge in [-0.2, -0.15) is 0 Å². The molecule has 1 atom stereocenters. The molecule has 1 aliphatic carbocycles. The van der Waals surface area contributed by atoms with E-state index >= 15 is 0 Å². The van der Waals surface area contributed by atoms with Crippen LogP contribution in [0.1, 0.15) is 67.7 Å². The SMILES string of the molecule is CCC(O)CCNC(=O)c1ccnc(C2CCCC2)n1. The first-order valence-electron chi connectivity index (χ1n) is 7.50. The van der Waals surface area contributed by atoms with Gasteiger partial charge >= 0.3 is 0 Å². The number of carbonyl (C=O) groups is 1. The summed E-state index contributed by atoms with van der Waals surface area (Å²) in [4.78, 5) is 20.7. The zero-order chi connectivity index (χ0) is 14.4. The lowest BCUT2D eigenvalue weighted by Gasteiger charge is -2.10. The Morgan fingerprint density at radius 1 is 1.50 bits per heavy atom. The van der Waals surface area contributed by atoms with Crippen molar-refractivity contribution < 1.29 is 9.90 Å². The summed E-state index contributed by atoms with van der Waals surface area (Å²) in [7, 11) is 0. The van der Waals surface area contributed by atoms with Crippen LogP contribution in [0.2, 0.25) is 0 Å². The van der Waals surface area contributed by atoms with Gasteiger partial charge in [0.2, 0.25) is 0 Å². The van der Waals surface area contributed by atoms with E-state index in [-0.39, 0.29) is 12.0 Å². The van der Waals surface area contributed by atoms with Crippen LogP contribution in [0.5, 0.6) is 0 Å². The standard InChI is InChI=1S/C15H23N3O2/c1-2-12(19)7-9-17-15(20)13-8-10-16-14(18-13)11-5-3-4-6-11/h8,10-12,19H,2-7,9H2,1H3,(H,17,20). The van der Waals surface area contributed by atoms with E-state index in [0.29, 0.717) is 31.0 Å². The molecule has 110 valence electrons. The number of aliphatic hydroxyl groups excluding tert-OH is 1. The molecule has 1 saturated carbocycles. The number of hydrogen-bond donors (Lipinski definition) is 2. The second-order valence-electron chi connectivity index (χ2n) is 5.39. The van der Waals surface area contributed by atoms with Crippen LogP contribution in [0.3, 0.4) is 0 Å². The highest BCUT2D eigenvalue weighted by atomic mass is 16.3. The van der Waals surface area contributed by atoms with Gasteiger partial charge in [-0.3, -0.25) is 4.79 Å². The molecule has 1 fully saturated rings. The molecule has 2 N–H and O–H groups in total. The summed E-state index contributed by atoms with van der Waals surface area (Å²) >= 11 is 0. The molecule has 0 radical (unpaired) electrons. The monoisotopic (exact) mass is 277 g/mol. The average Bonchev–Trinajstić information content (AvgIpc) is 3.01. The molecule has 1 aliphatic rings. The average molecular weight is 277 g/mol. The number of nitrogens with zero attached hydrogens (tertiary/aromatic N) is 2. The van der Waals surface area contributed by atoms with Crippen molar-refractivity contribution in [3.05, 3.63) is 23.8 Å². The maximum atomic E-state index is 12.0. The van der Waals surface area contributed by atoms with Crippen LogP contribution in [0.25, 0.3) is 0 Å². The Morgan fingerprint density at radius 3 is 2.95 bits per heavy atom. The van der Waals surface area contributed by atoms with Gasteiger partial charge in [0.05, 0.1) is 6.10 Å². The molecule has 1 heterocycles. The molecular formula is C15H23N3O2. The third-order valence-corrected chi connectivity index (χ3v) is 3.86. The highest BCUT2D eigenvalue weighted by molar-refractivity contribution is 5.92. The summed E-state index contributed by atoms with van der Waals surface area (Å²) in [5, 5.41) is 12.2. The summed E-state index contributed by atoms with van der Waals surface area (Å²) in [5.41, 5.74) is 0.424. The van der Waals surface area contributed by atoms with Crippen LogP contribution < -0.4 is 5.32 Å². The predicted octanol–water partition coefficient (Wildman–Crippen LogP) is 2.02. The van der Waals surface area contributed by atoms with Gasteiger partial charge in [0.25, 0.3) is 5.91 Å². The van der Waals surface area contributed by atoms with Crippen LogP contribution in [0.4, 0.5) is 0 Å². The summed E-state index contributed by atoms with van der Waals surface area (Å²) in [5.74, 6) is 1.02. The Bertz CT molecular complexity index is 444. The molecule has 0 aromatic carbocycles. The van der Waals surface area contributed by atoms with E-state index in [1.165, 1.54) is 12.8 Å². The summed E-state index contributed by atoms with van der Waals surface area (Å²) < 4.78 is 0. The number of aromatic nitrogens is 2. The molecule has 5 heteroatoms. The molecule has 20 heavy (non-hydrogen) atoms. The van der Waals surface area contributed by atoms with E-state index in [1.54, 1.807) is 12.3 Å². The van der Waals surface area contributed by atoms with Crippen molar-refractivity contribution in [3.8, 4) is 0 Å². The molecule has 0 aliphatic heterocycles. The highest BCUT2D eigenvalue weighted by Crippen LogP contribution is 2.31. The number of hydrogen-bond acceptors (Lipinski definition) is 4. The number of amides is 1. The summed E-state index contributed by atoms with van der Waals surface area (Å²) in [6, 6.07) is 1.64. The first-order chi connectivity index (χ1) is 9.70. The molecular weight excluding hydrogens is 254 g/mol. The van der Waals surface area contributed by atoms with E-state index in [2.05, 4.69) is 15.3 Å². The molecule has 1 aromatic heterocycles. The van der Waals surface area contributed by atoms with Crippen LogP contribution >= 0.6 is 0 Å². The molecule has 1 unspecified atom stereocenters. The van der Waals surface area contributed by atoms with Gasteiger partial charge in [-0.05, 0) is 31.7 Å². The largest absolute Gasteiger partial charge is 0.393 e. The van der Waals surface area contributed by atoms with Gasteiger partial charge in [-0.15, -0.1) is 0 Å². The fourth-order valence-corrected chi connectivity index (χ4v) is 2.53. The highest BCUT2D eigenvalue weighted by Gasteiger charge is 2.20. The smallest absolute Gasteiger partial charge is 0.270 e. The van der Waals surface area contributed by atoms with Crippen LogP contribution in [0.15, 0.2) is 12.3 Å². The second-order valence-corrected chi connectivity index (χ2v) is 5.39. The van der Waals surface area contributed by atoms with Crippen molar-refractivity contribution >= 4 is 5.91 Å². The van der Waals surface area contributed by atoms with E-state index < -0.39 is 0 Å². The van der Waals surface area contributed by atoms with Gasteiger partial charge in [-0.25, -0.2) is 9.97 Å². The summed E-state index contributed by atoms with van der Waals surface area (Å²) in [6.07, 6.45) is 7.27. The number of carbonyl (C=O) groups excluding carboxylic acids is 1. The minimum Gasteiger partial charge on any atom is -0.393 e. The molecule has 0 bridgehead atoms. The molecule has 1 amide bonds. The van der Waals surface area contributed by atoms with Crippen molar-refractivity contribution in [2.45, 2.75) is 57.5 Å². The van der Waals surface area contributed by atoms with Gasteiger partial charge in [-0.1, -0.05) is 19.8 Å². The van der Waals surface area contributed by atoms with Gasteiger partial charge in [0.15, 0.2) is 0 Å². The first-order valence-corrected chi connectivity index (χ1v) is 7.50. The molecule has 1 aromatic rings. The van der Waals surface area contributed by atoms with E-state index in [1.807, 2.05) is 6.92 Å². The Morgan fingerprint density at radius 2 is 2.25 bits per heavy atom. The molecule has 2 rings (SSSR count). The normalized spacial score (nSPS) is 17.1.